The molecule has 0 bridgehead atoms. The van der Waals surface area contributed by atoms with Gasteiger partial charge in [-0.2, -0.15) is 0 Å². The molecular weight excluding hydrogens is 242 g/mol. The third kappa shape index (κ3) is 2.35. The first-order chi connectivity index (χ1) is 9.04. The molecule has 0 radical (unpaired) electrons. The number of nitrogens with one attached hydrogen (secondary N) is 1. The zero-order valence-electron chi connectivity index (χ0n) is 10.8. The van der Waals surface area contributed by atoms with Gasteiger partial charge in [-0.05, 0) is 24.3 Å². The zero-order valence-corrected chi connectivity index (χ0v) is 10.8. The molecule has 3 N–H and O–H groups in total. The molecule has 0 saturated carbocycles. The van der Waals surface area contributed by atoms with E-state index in [0.29, 0.717) is 0 Å². The van der Waals surface area contributed by atoms with Crippen LogP contribution in [0.4, 0.5) is 0 Å². The molecule has 0 spiro atoms. The molecule has 0 aliphatic heterocycles. The molecule has 0 aliphatic carbocycles. The first-order valence-corrected chi connectivity index (χ1v) is 5.73. The third-order valence-corrected chi connectivity index (χ3v) is 2.96. The summed E-state index contributed by atoms with van der Waals surface area (Å²) in [7, 11) is 3.25. The molecular formula is C14H15N3O2. The molecule has 0 amide bonds. The third-order valence-electron chi connectivity index (χ3n) is 2.96. The van der Waals surface area contributed by atoms with E-state index in [1.165, 1.54) is 4.57 Å². The summed E-state index contributed by atoms with van der Waals surface area (Å²) in [4.78, 5) is 12.1. The number of hydrogen-bond donors (Lipinski definition) is 2. The van der Waals surface area contributed by atoms with Gasteiger partial charge in [0.25, 0.3) is 5.56 Å². The number of ether oxygens (including phenoxy) is 1. The van der Waals surface area contributed by atoms with E-state index in [4.69, 9.17) is 15.9 Å². The molecule has 1 heterocycles. The Balaban J connectivity index is 2.61. The second-order valence-electron chi connectivity index (χ2n) is 4.14. The maximum Gasteiger partial charge on any atom is 0.261 e. The van der Waals surface area contributed by atoms with E-state index in [1.807, 2.05) is 24.3 Å². The van der Waals surface area contributed by atoms with Crippen LogP contribution in [0.2, 0.25) is 0 Å². The highest BCUT2D eigenvalue weighted by Crippen LogP contribution is 2.22. The van der Waals surface area contributed by atoms with Crippen molar-refractivity contribution in [2.75, 3.05) is 7.11 Å². The number of methoxy groups -OCH3 is 1. The van der Waals surface area contributed by atoms with Gasteiger partial charge in [-0.3, -0.25) is 10.2 Å². The lowest BCUT2D eigenvalue weighted by molar-refractivity contribution is 0.415. The molecule has 0 saturated heterocycles. The molecule has 19 heavy (non-hydrogen) atoms. The van der Waals surface area contributed by atoms with Crippen molar-refractivity contribution in [1.29, 1.82) is 5.41 Å². The predicted molar refractivity (Wildman–Crippen MR) is 74.7 cm³/mol. The molecule has 0 unspecified atom stereocenters. The SMILES string of the molecule is COc1cccc(-c2ccc(C(=N)N)c(=O)n2C)c1. The maximum absolute atomic E-state index is 12.1. The van der Waals surface area contributed by atoms with Crippen molar-refractivity contribution in [2.45, 2.75) is 0 Å². The fourth-order valence-corrected chi connectivity index (χ4v) is 1.91. The highest BCUT2D eigenvalue weighted by atomic mass is 16.5. The zero-order chi connectivity index (χ0) is 14.0. The van der Waals surface area contributed by atoms with Crippen molar-refractivity contribution in [3.63, 3.8) is 0 Å². The first kappa shape index (κ1) is 12.9. The average molecular weight is 257 g/mol. The van der Waals surface area contributed by atoms with E-state index in [9.17, 15) is 4.79 Å². The number of nitrogens with two attached hydrogens (primary N) is 1. The van der Waals surface area contributed by atoms with Crippen LogP contribution < -0.4 is 16.0 Å². The maximum atomic E-state index is 12.1. The predicted octanol–water partition coefficient (Wildman–Crippen LogP) is 1.34. The summed E-state index contributed by atoms with van der Waals surface area (Å²) in [6.07, 6.45) is 0. The van der Waals surface area contributed by atoms with Crippen molar-refractivity contribution in [1.82, 2.24) is 4.57 Å². The fraction of sp³-hybridized carbons (Fsp3) is 0.143. The first-order valence-electron chi connectivity index (χ1n) is 5.73. The number of aromatic nitrogens is 1. The second kappa shape index (κ2) is 4.97. The van der Waals surface area contributed by atoms with Gasteiger partial charge < -0.3 is 15.0 Å². The standard InChI is InChI=1S/C14H15N3O2/c1-17-12(7-6-11(13(15)16)14(17)18)9-4-3-5-10(8-9)19-2/h3-8H,1-2H3,(H3,15,16). The molecule has 2 aromatic rings. The van der Waals surface area contributed by atoms with E-state index < -0.39 is 0 Å². The summed E-state index contributed by atoms with van der Waals surface area (Å²) < 4.78 is 6.64. The Morgan fingerprint density at radius 3 is 2.68 bits per heavy atom. The Kier molecular flexibility index (Phi) is 3.37. The highest BCUT2D eigenvalue weighted by Gasteiger charge is 2.09. The molecule has 0 atom stereocenters. The molecule has 1 aromatic heterocycles. The second-order valence-corrected chi connectivity index (χ2v) is 4.14. The van der Waals surface area contributed by atoms with Gasteiger partial charge in [0.15, 0.2) is 0 Å². The molecule has 5 nitrogen and oxygen atoms in total. The van der Waals surface area contributed by atoms with Gasteiger partial charge in [0.1, 0.15) is 11.6 Å². The molecule has 5 heteroatoms. The summed E-state index contributed by atoms with van der Waals surface area (Å²) in [6.45, 7) is 0. The Morgan fingerprint density at radius 2 is 2.05 bits per heavy atom. The number of hydrogen-bond acceptors (Lipinski definition) is 3. The highest BCUT2D eigenvalue weighted by molar-refractivity contribution is 5.94. The van der Waals surface area contributed by atoms with Crippen LogP contribution in [0.25, 0.3) is 11.3 Å². The lowest BCUT2D eigenvalue weighted by atomic mass is 10.1. The normalized spacial score (nSPS) is 10.2. The van der Waals surface area contributed by atoms with E-state index in [2.05, 4.69) is 0 Å². The summed E-state index contributed by atoms with van der Waals surface area (Å²) in [6, 6.07) is 10.8. The molecule has 1 aromatic carbocycles. The minimum atomic E-state index is -0.284. The molecule has 2 rings (SSSR count). The van der Waals surface area contributed by atoms with Crippen molar-refractivity contribution in [3.8, 4) is 17.0 Å². The van der Waals surface area contributed by atoms with Crippen LogP contribution in [-0.2, 0) is 7.05 Å². The van der Waals surface area contributed by atoms with Gasteiger partial charge in [-0.15, -0.1) is 0 Å². The van der Waals surface area contributed by atoms with E-state index in [1.54, 1.807) is 26.3 Å². The van der Waals surface area contributed by atoms with Crippen LogP contribution in [0.15, 0.2) is 41.2 Å². The van der Waals surface area contributed by atoms with Gasteiger partial charge in [0.2, 0.25) is 0 Å². The lowest BCUT2D eigenvalue weighted by Gasteiger charge is -2.11. The van der Waals surface area contributed by atoms with Crippen molar-refractivity contribution in [3.05, 3.63) is 52.3 Å². The van der Waals surface area contributed by atoms with Crippen LogP contribution in [0, 0.1) is 5.41 Å². The summed E-state index contributed by atoms with van der Waals surface area (Å²) >= 11 is 0. The van der Waals surface area contributed by atoms with Crippen molar-refractivity contribution < 1.29 is 4.74 Å². The number of rotatable bonds is 3. The summed E-state index contributed by atoms with van der Waals surface area (Å²) in [5.74, 6) is 0.499. The van der Waals surface area contributed by atoms with Gasteiger partial charge in [0, 0.05) is 12.6 Å². The van der Waals surface area contributed by atoms with Gasteiger partial charge >= 0.3 is 0 Å². The minimum absolute atomic E-state index is 0.203. The van der Waals surface area contributed by atoms with Gasteiger partial charge in [-0.1, -0.05) is 12.1 Å². The molecule has 0 fully saturated rings. The van der Waals surface area contributed by atoms with Gasteiger partial charge in [0.05, 0.1) is 18.4 Å². The minimum Gasteiger partial charge on any atom is -0.497 e. The van der Waals surface area contributed by atoms with E-state index in [0.717, 1.165) is 17.0 Å². The van der Waals surface area contributed by atoms with E-state index in [-0.39, 0.29) is 17.0 Å². The van der Waals surface area contributed by atoms with Gasteiger partial charge in [-0.25, -0.2) is 0 Å². The number of nitrogen functional groups attached to an aromatic ring is 1. The largest absolute Gasteiger partial charge is 0.497 e. The molecule has 98 valence electrons. The Hall–Kier alpha value is -2.56. The Bertz CT molecular complexity index is 689. The number of amidine groups is 1. The van der Waals surface area contributed by atoms with Crippen LogP contribution in [-0.4, -0.2) is 17.5 Å². The fourth-order valence-electron chi connectivity index (χ4n) is 1.91. The van der Waals surface area contributed by atoms with Crippen molar-refractivity contribution >= 4 is 5.84 Å². The smallest absolute Gasteiger partial charge is 0.261 e. The number of pyridine rings is 1. The Labute approximate surface area is 110 Å². The topological polar surface area (TPSA) is 81.1 Å². The lowest BCUT2D eigenvalue weighted by Crippen LogP contribution is -2.28. The van der Waals surface area contributed by atoms with Crippen LogP contribution in [0.1, 0.15) is 5.56 Å². The summed E-state index contributed by atoms with van der Waals surface area (Å²) in [5, 5.41) is 7.36. The monoisotopic (exact) mass is 257 g/mol. The van der Waals surface area contributed by atoms with E-state index >= 15 is 0 Å². The van der Waals surface area contributed by atoms with Crippen LogP contribution in [0.3, 0.4) is 0 Å². The Morgan fingerprint density at radius 1 is 1.32 bits per heavy atom. The average Bonchev–Trinajstić information content (AvgIpc) is 2.41. The number of benzene rings is 1. The molecule has 0 aliphatic rings. The van der Waals surface area contributed by atoms with Crippen molar-refractivity contribution in [2.24, 2.45) is 12.8 Å². The van der Waals surface area contributed by atoms with Crippen LogP contribution >= 0.6 is 0 Å². The quantitative estimate of drug-likeness (QED) is 0.643. The van der Waals surface area contributed by atoms with Crippen LogP contribution in [0.5, 0.6) is 5.75 Å². The number of nitrogens with zero attached hydrogens (tertiary/aromatic N) is 1. The summed E-state index contributed by atoms with van der Waals surface area (Å²) in [5.41, 5.74) is 6.90.